The number of aliphatic hydroxyl groups excluding tert-OH is 2. The Bertz CT molecular complexity index is 652. The standard InChI is InChI=1S/C11H13F3N2O5/c1-5-3-16(9(20)15-8(5)19)10(11(12,13)14)2-6(18)7(4-17)21-10/h3,6-7,17-18H,2,4H2,1H3,(H,15,19,20)/t6-,7+,10-/m0/s1. The third-order valence-corrected chi connectivity index (χ3v) is 3.39. The van der Waals surface area contributed by atoms with Crippen LogP contribution in [0.1, 0.15) is 12.0 Å². The van der Waals surface area contributed by atoms with Crippen molar-refractivity contribution in [2.75, 3.05) is 6.61 Å². The Morgan fingerprint density at radius 1 is 1.52 bits per heavy atom. The Kier molecular flexibility index (Phi) is 3.72. The maximum absolute atomic E-state index is 13.4. The second-order valence-corrected chi connectivity index (χ2v) is 4.83. The molecule has 1 aromatic heterocycles. The molecular formula is C11H13F3N2O5. The highest BCUT2D eigenvalue weighted by Crippen LogP contribution is 2.46. The molecule has 0 aromatic carbocycles. The van der Waals surface area contributed by atoms with Crippen LogP contribution in [0.4, 0.5) is 13.2 Å². The van der Waals surface area contributed by atoms with E-state index < -0.39 is 48.4 Å². The smallest absolute Gasteiger partial charge is 0.394 e. The summed E-state index contributed by atoms with van der Waals surface area (Å²) in [6.07, 6.45) is -8.36. The van der Waals surface area contributed by atoms with E-state index in [1.807, 2.05) is 0 Å². The third-order valence-electron chi connectivity index (χ3n) is 3.39. The molecule has 0 amide bonds. The van der Waals surface area contributed by atoms with Gasteiger partial charge in [0.05, 0.1) is 12.7 Å². The van der Waals surface area contributed by atoms with E-state index in [9.17, 15) is 27.9 Å². The fourth-order valence-corrected chi connectivity index (χ4v) is 2.26. The van der Waals surface area contributed by atoms with E-state index in [2.05, 4.69) is 0 Å². The predicted octanol–water partition coefficient (Wildman–Crippen LogP) is -0.798. The van der Waals surface area contributed by atoms with Crippen LogP contribution in [0.3, 0.4) is 0 Å². The van der Waals surface area contributed by atoms with Gasteiger partial charge in [0.1, 0.15) is 6.10 Å². The number of hydrogen-bond acceptors (Lipinski definition) is 5. The topological polar surface area (TPSA) is 105 Å². The highest BCUT2D eigenvalue weighted by Gasteiger charge is 2.64. The fraction of sp³-hybridized carbons (Fsp3) is 0.636. The molecule has 0 unspecified atom stereocenters. The van der Waals surface area contributed by atoms with Gasteiger partial charge >= 0.3 is 11.9 Å². The van der Waals surface area contributed by atoms with Gasteiger partial charge in [-0.05, 0) is 6.92 Å². The van der Waals surface area contributed by atoms with E-state index in [1.54, 1.807) is 4.98 Å². The van der Waals surface area contributed by atoms with Gasteiger partial charge in [-0.2, -0.15) is 13.2 Å². The number of nitrogens with one attached hydrogen (secondary N) is 1. The lowest BCUT2D eigenvalue weighted by atomic mass is 10.1. The number of alkyl halides is 3. The molecule has 1 aromatic rings. The highest BCUT2D eigenvalue weighted by molar-refractivity contribution is 5.06. The van der Waals surface area contributed by atoms with Crippen LogP contribution in [-0.2, 0) is 10.5 Å². The quantitative estimate of drug-likeness (QED) is 0.663. The minimum Gasteiger partial charge on any atom is -0.394 e. The van der Waals surface area contributed by atoms with Gasteiger partial charge in [-0.1, -0.05) is 0 Å². The molecule has 1 aliphatic heterocycles. The molecule has 7 nitrogen and oxygen atoms in total. The lowest BCUT2D eigenvalue weighted by molar-refractivity contribution is -0.312. The molecule has 0 spiro atoms. The number of hydrogen-bond donors (Lipinski definition) is 3. The molecule has 0 bridgehead atoms. The third kappa shape index (κ3) is 2.39. The Labute approximate surface area is 115 Å². The van der Waals surface area contributed by atoms with Crippen LogP contribution in [0.15, 0.2) is 15.8 Å². The SMILES string of the molecule is Cc1cn([C@@]2(C(F)(F)F)C[C@H](O)[C@@H](CO)O2)c(=O)[nH]c1=O. The van der Waals surface area contributed by atoms with Gasteiger partial charge in [0.15, 0.2) is 0 Å². The average Bonchev–Trinajstić information content (AvgIpc) is 2.71. The molecule has 1 aliphatic rings. The monoisotopic (exact) mass is 310 g/mol. The van der Waals surface area contributed by atoms with E-state index in [-0.39, 0.29) is 10.1 Å². The number of rotatable bonds is 2. The lowest BCUT2D eigenvalue weighted by Crippen LogP contribution is -2.54. The minimum absolute atomic E-state index is 0.122. The average molecular weight is 310 g/mol. The van der Waals surface area contributed by atoms with Crippen molar-refractivity contribution in [3.05, 3.63) is 32.6 Å². The molecule has 2 rings (SSSR count). The summed E-state index contributed by atoms with van der Waals surface area (Å²) >= 11 is 0. The Balaban J connectivity index is 2.67. The summed E-state index contributed by atoms with van der Waals surface area (Å²) in [4.78, 5) is 24.7. The van der Waals surface area contributed by atoms with Crippen LogP contribution in [0.2, 0.25) is 0 Å². The number of nitrogens with zero attached hydrogens (tertiary/aromatic N) is 1. The minimum atomic E-state index is -5.04. The van der Waals surface area contributed by atoms with Gasteiger partial charge in [-0.25, -0.2) is 4.79 Å². The molecule has 1 fully saturated rings. The van der Waals surface area contributed by atoms with Crippen molar-refractivity contribution in [3.8, 4) is 0 Å². The molecule has 3 atom stereocenters. The summed E-state index contributed by atoms with van der Waals surface area (Å²) in [6, 6.07) is 0. The zero-order valence-electron chi connectivity index (χ0n) is 10.8. The molecule has 21 heavy (non-hydrogen) atoms. The lowest BCUT2D eigenvalue weighted by Gasteiger charge is -2.32. The summed E-state index contributed by atoms with van der Waals surface area (Å²) in [5.74, 6) is 0. The van der Waals surface area contributed by atoms with E-state index >= 15 is 0 Å². The van der Waals surface area contributed by atoms with Crippen molar-refractivity contribution in [3.63, 3.8) is 0 Å². The number of aromatic amines is 1. The molecule has 0 aliphatic carbocycles. The summed E-state index contributed by atoms with van der Waals surface area (Å²) in [6.45, 7) is 0.393. The molecule has 0 saturated carbocycles. The first-order valence-electron chi connectivity index (χ1n) is 5.99. The van der Waals surface area contributed by atoms with Crippen LogP contribution in [0, 0.1) is 6.92 Å². The predicted molar refractivity (Wildman–Crippen MR) is 62.7 cm³/mol. The van der Waals surface area contributed by atoms with Crippen molar-refractivity contribution in [1.29, 1.82) is 0 Å². The summed E-state index contributed by atoms with van der Waals surface area (Å²) in [5.41, 5.74) is -5.38. The van der Waals surface area contributed by atoms with Crippen LogP contribution in [0.25, 0.3) is 0 Å². The van der Waals surface area contributed by atoms with Gasteiger partial charge in [0.2, 0.25) is 5.72 Å². The Morgan fingerprint density at radius 3 is 2.62 bits per heavy atom. The summed E-state index contributed by atoms with van der Waals surface area (Å²) in [7, 11) is 0. The van der Waals surface area contributed by atoms with Crippen molar-refractivity contribution >= 4 is 0 Å². The highest BCUT2D eigenvalue weighted by atomic mass is 19.4. The van der Waals surface area contributed by atoms with Crippen LogP contribution in [-0.4, -0.2) is 44.8 Å². The zero-order valence-corrected chi connectivity index (χ0v) is 10.8. The summed E-state index contributed by atoms with van der Waals surface area (Å²) < 4.78 is 45.2. The van der Waals surface area contributed by atoms with Crippen molar-refractivity contribution in [1.82, 2.24) is 9.55 Å². The van der Waals surface area contributed by atoms with E-state index in [0.29, 0.717) is 0 Å². The zero-order chi connectivity index (χ0) is 16.0. The molecule has 1 saturated heterocycles. The van der Waals surface area contributed by atoms with Gasteiger partial charge in [-0.15, -0.1) is 0 Å². The second-order valence-electron chi connectivity index (χ2n) is 4.83. The normalized spacial score (nSPS) is 29.8. The van der Waals surface area contributed by atoms with E-state index in [4.69, 9.17) is 9.84 Å². The molecule has 118 valence electrons. The van der Waals surface area contributed by atoms with Crippen molar-refractivity contribution in [2.45, 2.75) is 37.5 Å². The summed E-state index contributed by atoms with van der Waals surface area (Å²) in [5, 5.41) is 18.5. The van der Waals surface area contributed by atoms with Crippen molar-refractivity contribution < 1.29 is 28.1 Å². The van der Waals surface area contributed by atoms with Gasteiger partial charge in [0.25, 0.3) is 5.56 Å². The first kappa shape index (κ1) is 15.7. The molecular weight excluding hydrogens is 297 g/mol. The number of ether oxygens (including phenoxy) is 1. The van der Waals surface area contributed by atoms with E-state index in [1.165, 1.54) is 6.92 Å². The maximum atomic E-state index is 13.4. The van der Waals surface area contributed by atoms with Crippen LogP contribution < -0.4 is 11.2 Å². The fourth-order valence-electron chi connectivity index (χ4n) is 2.26. The van der Waals surface area contributed by atoms with Gasteiger partial charge < -0.3 is 14.9 Å². The second kappa shape index (κ2) is 4.97. The Morgan fingerprint density at radius 2 is 2.14 bits per heavy atom. The number of aromatic nitrogens is 2. The first-order valence-corrected chi connectivity index (χ1v) is 5.99. The molecule has 10 heteroatoms. The number of H-pyrrole nitrogens is 1. The van der Waals surface area contributed by atoms with Crippen LogP contribution >= 0.6 is 0 Å². The molecule has 3 N–H and O–H groups in total. The number of aryl methyl sites for hydroxylation is 1. The van der Waals surface area contributed by atoms with E-state index in [0.717, 1.165) is 6.20 Å². The molecule has 0 radical (unpaired) electrons. The van der Waals surface area contributed by atoms with Crippen LogP contribution in [0.5, 0.6) is 0 Å². The van der Waals surface area contributed by atoms with Gasteiger partial charge in [0, 0.05) is 18.2 Å². The van der Waals surface area contributed by atoms with Gasteiger partial charge in [-0.3, -0.25) is 14.3 Å². The maximum Gasteiger partial charge on any atom is 0.437 e. The number of halogens is 3. The first-order chi connectivity index (χ1) is 9.62. The Hall–Kier alpha value is -1.65. The molecule has 2 heterocycles. The largest absolute Gasteiger partial charge is 0.437 e. The number of aliphatic hydroxyl groups is 2. The van der Waals surface area contributed by atoms with Crippen molar-refractivity contribution in [2.24, 2.45) is 0 Å².